The van der Waals surface area contributed by atoms with E-state index in [9.17, 15) is 4.79 Å². The second-order valence-corrected chi connectivity index (χ2v) is 4.96. The van der Waals surface area contributed by atoms with Crippen LogP contribution in [0.15, 0.2) is 67.5 Å². The maximum atomic E-state index is 12.0. The van der Waals surface area contributed by atoms with Crippen molar-refractivity contribution in [3.63, 3.8) is 0 Å². The van der Waals surface area contributed by atoms with Gasteiger partial charge in [0.25, 0.3) is 0 Å². The molecular weight excluding hydrogens is 292 g/mol. The van der Waals surface area contributed by atoms with Crippen molar-refractivity contribution in [2.45, 2.75) is 13.2 Å². The normalized spacial score (nSPS) is 10.3. The van der Waals surface area contributed by atoms with Crippen LogP contribution in [0.5, 0.6) is 5.75 Å². The van der Waals surface area contributed by atoms with Gasteiger partial charge in [-0.3, -0.25) is 9.78 Å². The highest BCUT2D eigenvalue weighted by Gasteiger charge is 2.04. The number of aromatic nitrogens is 3. The molecule has 0 bridgehead atoms. The fraction of sp³-hybridized carbons (Fsp3) is 0.118. The van der Waals surface area contributed by atoms with E-state index in [0.29, 0.717) is 18.0 Å². The van der Waals surface area contributed by atoms with E-state index in [0.717, 1.165) is 5.56 Å². The topological polar surface area (TPSA) is 69.0 Å². The molecule has 0 aliphatic heterocycles. The second kappa shape index (κ2) is 7.22. The highest BCUT2D eigenvalue weighted by atomic mass is 16.5. The molecular formula is C17H16N4O2. The summed E-state index contributed by atoms with van der Waals surface area (Å²) < 4.78 is 7.42. The van der Waals surface area contributed by atoms with Gasteiger partial charge in [-0.1, -0.05) is 12.1 Å². The van der Waals surface area contributed by atoms with E-state index in [1.54, 1.807) is 41.7 Å². The highest BCUT2D eigenvalue weighted by Crippen LogP contribution is 2.18. The number of carbonyl (C=O) groups is 1. The Morgan fingerprint density at radius 2 is 2.13 bits per heavy atom. The monoisotopic (exact) mass is 308 g/mol. The largest absolute Gasteiger partial charge is 0.489 e. The average Bonchev–Trinajstić information content (AvgIpc) is 3.07. The Bertz CT molecular complexity index is 757. The third-order valence-electron chi connectivity index (χ3n) is 3.13. The van der Waals surface area contributed by atoms with Gasteiger partial charge in [-0.25, -0.2) is 4.98 Å². The number of pyridine rings is 1. The van der Waals surface area contributed by atoms with E-state index in [2.05, 4.69) is 15.3 Å². The summed E-state index contributed by atoms with van der Waals surface area (Å²) in [5.41, 5.74) is 1.68. The molecule has 23 heavy (non-hydrogen) atoms. The van der Waals surface area contributed by atoms with E-state index in [1.807, 2.05) is 30.3 Å². The van der Waals surface area contributed by atoms with Crippen molar-refractivity contribution < 1.29 is 9.53 Å². The van der Waals surface area contributed by atoms with Crippen LogP contribution in [0.4, 0.5) is 5.69 Å². The van der Waals surface area contributed by atoms with Crippen molar-refractivity contribution in [3.05, 3.63) is 73.1 Å². The fourth-order valence-electron chi connectivity index (χ4n) is 2.06. The predicted octanol–water partition coefficient (Wildman–Crippen LogP) is 2.50. The molecule has 0 radical (unpaired) electrons. The third kappa shape index (κ3) is 4.41. The second-order valence-electron chi connectivity index (χ2n) is 4.96. The van der Waals surface area contributed by atoms with E-state index < -0.39 is 0 Å². The molecule has 0 atom stereocenters. The van der Waals surface area contributed by atoms with Crippen molar-refractivity contribution >= 4 is 11.6 Å². The summed E-state index contributed by atoms with van der Waals surface area (Å²) in [5.74, 6) is 0.571. The number of carbonyl (C=O) groups excluding carboxylic acids is 1. The fourth-order valence-corrected chi connectivity index (χ4v) is 2.06. The number of nitrogens with one attached hydrogen (secondary N) is 1. The van der Waals surface area contributed by atoms with Crippen LogP contribution in [0.2, 0.25) is 0 Å². The maximum absolute atomic E-state index is 12.0. The lowest BCUT2D eigenvalue weighted by Gasteiger charge is -2.09. The molecule has 0 saturated heterocycles. The van der Waals surface area contributed by atoms with Crippen LogP contribution in [0.1, 0.15) is 5.56 Å². The number of hydrogen-bond donors (Lipinski definition) is 1. The molecule has 1 amide bonds. The van der Waals surface area contributed by atoms with Crippen LogP contribution in [0, 0.1) is 0 Å². The number of rotatable bonds is 6. The van der Waals surface area contributed by atoms with E-state index in [1.165, 1.54) is 0 Å². The highest BCUT2D eigenvalue weighted by molar-refractivity contribution is 5.90. The Morgan fingerprint density at radius 1 is 1.17 bits per heavy atom. The summed E-state index contributed by atoms with van der Waals surface area (Å²) in [7, 11) is 0. The number of anilines is 1. The summed E-state index contributed by atoms with van der Waals surface area (Å²) in [5, 5.41) is 2.84. The quantitative estimate of drug-likeness (QED) is 0.759. The summed E-state index contributed by atoms with van der Waals surface area (Å²) >= 11 is 0. The molecule has 2 aromatic heterocycles. The number of amides is 1. The van der Waals surface area contributed by atoms with E-state index in [4.69, 9.17) is 4.74 Å². The minimum absolute atomic E-state index is 0.118. The van der Waals surface area contributed by atoms with Crippen molar-refractivity contribution in [2.75, 3.05) is 5.32 Å². The number of nitrogens with zero attached hydrogens (tertiary/aromatic N) is 3. The standard InChI is InChI=1S/C17H16N4O2/c22-17(11-21-8-7-19-13-21)20-15-4-1-5-16(9-15)23-12-14-3-2-6-18-10-14/h1-10,13H,11-12H2,(H,20,22). The number of benzene rings is 1. The zero-order valence-electron chi connectivity index (χ0n) is 12.4. The van der Waals surface area contributed by atoms with Gasteiger partial charge in [0.05, 0.1) is 6.33 Å². The molecule has 1 N–H and O–H groups in total. The molecule has 0 aliphatic rings. The van der Waals surface area contributed by atoms with Gasteiger partial charge >= 0.3 is 0 Å². The molecule has 3 aromatic rings. The summed E-state index contributed by atoms with van der Waals surface area (Å²) in [4.78, 5) is 19.9. The molecule has 0 fully saturated rings. The van der Waals surface area contributed by atoms with Gasteiger partial charge in [0.1, 0.15) is 18.9 Å². The Labute approximate surface area is 133 Å². The van der Waals surface area contributed by atoms with Gasteiger partial charge in [0.15, 0.2) is 0 Å². The van der Waals surface area contributed by atoms with Crippen molar-refractivity contribution in [1.82, 2.24) is 14.5 Å². The predicted molar refractivity (Wildman–Crippen MR) is 85.9 cm³/mol. The number of imidazole rings is 1. The van der Waals surface area contributed by atoms with Gasteiger partial charge < -0.3 is 14.6 Å². The van der Waals surface area contributed by atoms with Gasteiger partial charge in [-0.05, 0) is 18.2 Å². The first-order chi connectivity index (χ1) is 11.3. The van der Waals surface area contributed by atoms with Crippen LogP contribution < -0.4 is 10.1 Å². The molecule has 0 saturated carbocycles. The van der Waals surface area contributed by atoms with Gasteiger partial charge in [0.2, 0.25) is 5.91 Å². The molecule has 1 aromatic carbocycles. The molecule has 6 nitrogen and oxygen atoms in total. The van der Waals surface area contributed by atoms with Crippen LogP contribution in [0.3, 0.4) is 0 Å². The Balaban J connectivity index is 1.57. The third-order valence-corrected chi connectivity index (χ3v) is 3.13. The summed E-state index contributed by atoms with van der Waals surface area (Å²) in [6, 6.07) is 11.1. The maximum Gasteiger partial charge on any atom is 0.244 e. The van der Waals surface area contributed by atoms with Crippen molar-refractivity contribution in [3.8, 4) is 5.75 Å². The molecule has 2 heterocycles. The minimum atomic E-state index is -0.118. The molecule has 116 valence electrons. The Morgan fingerprint density at radius 3 is 2.91 bits per heavy atom. The summed E-state index contributed by atoms with van der Waals surface area (Å²) in [6.07, 6.45) is 8.47. The first-order valence-corrected chi connectivity index (χ1v) is 7.17. The van der Waals surface area contributed by atoms with Gasteiger partial charge in [-0.15, -0.1) is 0 Å². The first-order valence-electron chi connectivity index (χ1n) is 7.17. The lowest BCUT2D eigenvalue weighted by atomic mass is 10.3. The number of hydrogen-bond acceptors (Lipinski definition) is 4. The smallest absolute Gasteiger partial charge is 0.244 e. The Hall–Kier alpha value is -3.15. The van der Waals surface area contributed by atoms with Crippen LogP contribution in [-0.2, 0) is 17.9 Å². The zero-order chi connectivity index (χ0) is 15.9. The van der Waals surface area contributed by atoms with Crippen LogP contribution in [0.25, 0.3) is 0 Å². The number of ether oxygens (including phenoxy) is 1. The van der Waals surface area contributed by atoms with Gasteiger partial charge in [0, 0.05) is 42.1 Å². The molecule has 6 heteroatoms. The zero-order valence-corrected chi connectivity index (χ0v) is 12.4. The average molecular weight is 308 g/mol. The lowest BCUT2D eigenvalue weighted by molar-refractivity contribution is -0.116. The molecule has 3 rings (SSSR count). The molecule has 0 spiro atoms. The van der Waals surface area contributed by atoms with Crippen LogP contribution >= 0.6 is 0 Å². The lowest BCUT2D eigenvalue weighted by Crippen LogP contribution is -2.17. The van der Waals surface area contributed by atoms with E-state index >= 15 is 0 Å². The van der Waals surface area contributed by atoms with Crippen LogP contribution in [-0.4, -0.2) is 20.4 Å². The molecule has 0 aliphatic carbocycles. The van der Waals surface area contributed by atoms with Crippen molar-refractivity contribution in [1.29, 1.82) is 0 Å². The molecule has 0 unspecified atom stereocenters. The van der Waals surface area contributed by atoms with Gasteiger partial charge in [-0.2, -0.15) is 0 Å². The van der Waals surface area contributed by atoms with Crippen molar-refractivity contribution in [2.24, 2.45) is 0 Å². The minimum Gasteiger partial charge on any atom is -0.489 e. The Kier molecular flexibility index (Phi) is 4.63. The summed E-state index contributed by atoms with van der Waals surface area (Å²) in [6.45, 7) is 0.654. The van der Waals surface area contributed by atoms with E-state index in [-0.39, 0.29) is 12.5 Å². The first kappa shape index (κ1) is 14.8. The SMILES string of the molecule is O=C(Cn1ccnc1)Nc1cccc(OCc2cccnc2)c1.